The number of hydrogen-bond donors (Lipinski definition) is 3. The van der Waals surface area contributed by atoms with Crippen molar-refractivity contribution in [3.8, 4) is 0 Å². The fourth-order valence-electron chi connectivity index (χ4n) is 4.32. The standard InChI is InChI=1S/C23H36N4O4/c1-18(2)25-20-5-3-4-6-21(20)27(17-28)22(29)24-15-19-7-11-26(12-8-19)16-23(30)9-13-31-14-10-23/h3-6,17-19,25,30H,7-16H2,1-2H3,(H,24,29). The predicted octanol–water partition coefficient (Wildman–Crippen LogP) is 2.43. The lowest BCUT2D eigenvalue weighted by molar-refractivity contribution is -0.106. The van der Waals surface area contributed by atoms with Crippen molar-refractivity contribution in [2.45, 2.75) is 51.2 Å². The first-order valence-corrected chi connectivity index (χ1v) is 11.3. The van der Waals surface area contributed by atoms with E-state index in [1.807, 2.05) is 32.0 Å². The average molecular weight is 433 g/mol. The minimum atomic E-state index is -0.638. The van der Waals surface area contributed by atoms with E-state index in [-0.39, 0.29) is 6.04 Å². The number of nitrogens with one attached hydrogen (secondary N) is 2. The van der Waals surface area contributed by atoms with Gasteiger partial charge in [0.15, 0.2) is 0 Å². The molecule has 172 valence electrons. The lowest BCUT2D eigenvalue weighted by Gasteiger charge is -2.40. The van der Waals surface area contributed by atoms with Crippen LogP contribution in [-0.2, 0) is 9.53 Å². The average Bonchev–Trinajstić information content (AvgIpc) is 2.75. The van der Waals surface area contributed by atoms with Crippen molar-refractivity contribution in [2.75, 3.05) is 49.6 Å². The van der Waals surface area contributed by atoms with Crippen LogP contribution in [-0.4, -0.2) is 73.5 Å². The Bertz CT molecular complexity index is 728. The second kappa shape index (κ2) is 10.9. The summed E-state index contributed by atoms with van der Waals surface area (Å²) in [6.45, 7) is 8.31. The molecule has 8 nitrogen and oxygen atoms in total. The Morgan fingerprint density at radius 2 is 1.97 bits per heavy atom. The van der Waals surface area contributed by atoms with Crippen molar-refractivity contribution in [3.63, 3.8) is 0 Å². The zero-order chi connectivity index (χ0) is 22.3. The van der Waals surface area contributed by atoms with Crippen LogP contribution < -0.4 is 15.5 Å². The number of carbonyl (C=O) groups excluding carboxylic acids is 2. The first-order valence-electron chi connectivity index (χ1n) is 11.3. The third kappa shape index (κ3) is 6.66. The summed E-state index contributed by atoms with van der Waals surface area (Å²) < 4.78 is 5.36. The van der Waals surface area contributed by atoms with Crippen LogP contribution in [0.25, 0.3) is 0 Å². The van der Waals surface area contributed by atoms with Crippen LogP contribution in [0.2, 0.25) is 0 Å². The molecule has 0 bridgehead atoms. The van der Waals surface area contributed by atoms with Crippen molar-refractivity contribution in [3.05, 3.63) is 24.3 Å². The van der Waals surface area contributed by atoms with E-state index in [0.717, 1.165) is 36.5 Å². The lowest BCUT2D eigenvalue weighted by Crippen LogP contribution is -2.50. The van der Waals surface area contributed by atoms with Gasteiger partial charge in [0.05, 0.1) is 17.0 Å². The smallest absolute Gasteiger partial charge is 0.328 e. The van der Waals surface area contributed by atoms with Gasteiger partial charge in [-0.25, -0.2) is 9.69 Å². The summed E-state index contributed by atoms with van der Waals surface area (Å²) in [6, 6.07) is 7.08. The Morgan fingerprint density at radius 3 is 2.61 bits per heavy atom. The molecule has 1 aromatic carbocycles. The molecular weight excluding hydrogens is 396 g/mol. The molecule has 0 unspecified atom stereocenters. The predicted molar refractivity (Wildman–Crippen MR) is 121 cm³/mol. The van der Waals surface area contributed by atoms with Crippen LogP contribution in [0.3, 0.4) is 0 Å². The minimum Gasteiger partial charge on any atom is -0.388 e. The maximum Gasteiger partial charge on any atom is 0.328 e. The van der Waals surface area contributed by atoms with Crippen molar-refractivity contribution >= 4 is 23.8 Å². The number of piperidine rings is 1. The molecule has 31 heavy (non-hydrogen) atoms. The number of benzene rings is 1. The highest BCUT2D eigenvalue weighted by atomic mass is 16.5. The molecule has 0 aliphatic carbocycles. The maximum absolute atomic E-state index is 12.7. The quantitative estimate of drug-likeness (QED) is 0.546. The van der Waals surface area contributed by atoms with E-state index in [4.69, 9.17) is 4.74 Å². The number of imide groups is 1. The Labute approximate surface area is 184 Å². The number of carbonyl (C=O) groups is 2. The molecule has 2 fully saturated rings. The van der Waals surface area contributed by atoms with E-state index < -0.39 is 11.6 Å². The van der Waals surface area contributed by atoms with Crippen molar-refractivity contribution < 1.29 is 19.4 Å². The van der Waals surface area contributed by atoms with E-state index in [9.17, 15) is 14.7 Å². The minimum absolute atomic E-state index is 0.182. The topological polar surface area (TPSA) is 94.1 Å². The summed E-state index contributed by atoms with van der Waals surface area (Å²) in [7, 11) is 0. The number of β-amino-alcohol motifs (C(OH)–C–C–N with tert-alkyl or cyclic N) is 1. The third-order valence-corrected chi connectivity index (χ3v) is 6.12. The Morgan fingerprint density at radius 1 is 1.29 bits per heavy atom. The van der Waals surface area contributed by atoms with Crippen LogP contribution in [0, 0.1) is 5.92 Å². The van der Waals surface area contributed by atoms with Gasteiger partial charge in [0.2, 0.25) is 6.41 Å². The monoisotopic (exact) mass is 432 g/mol. The highest BCUT2D eigenvalue weighted by Gasteiger charge is 2.33. The van der Waals surface area contributed by atoms with Gasteiger partial charge in [-0.15, -0.1) is 0 Å². The first kappa shape index (κ1) is 23.5. The molecule has 0 saturated carbocycles. The SMILES string of the molecule is CC(C)Nc1ccccc1N(C=O)C(=O)NCC1CCN(CC2(O)CCOCC2)CC1. The van der Waals surface area contributed by atoms with Crippen LogP contribution in [0.15, 0.2) is 24.3 Å². The molecule has 0 radical (unpaired) electrons. The van der Waals surface area contributed by atoms with Crippen molar-refractivity contribution in [1.82, 2.24) is 10.2 Å². The molecule has 1 aromatic rings. The summed E-state index contributed by atoms with van der Waals surface area (Å²) in [6.07, 6.45) is 3.86. The van der Waals surface area contributed by atoms with E-state index in [1.165, 1.54) is 0 Å². The van der Waals surface area contributed by atoms with Gasteiger partial charge in [-0.05, 0) is 57.8 Å². The number of para-hydroxylation sites is 2. The molecule has 2 heterocycles. The molecule has 0 aromatic heterocycles. The fourth-order valence-corrected chi connectivity index (χ4v) is 4.32. The molecule has 2 aliphatic rings. The summed E-state index contributed by atoms with van der Waals surface area (Å²) in [5, 5.41) is 16.9. The van der Waals surface area contributed by atoms with Gasteiger partial charge >= 0.3 is 6.03 Å². The molecule has 0 spiro atoms. The Hall–Kier alpha value is -2.16. The number of ether oxygens (including phenoxy) is 1. The van der Waals surface area contributed by atoms with Gasteiger partial charge in [0.1, 0.15) is 0 Å². The second-order valence-corrected chi connectivity index (χ2v) is 9.03. The third-order valence-electron chi connectivity index (χ3n) is 6.12. The number of anilines is 2. The molecule has 8 heteroatoms. The fraction of sp³-hybridized carbons (Fsp3) is 0.652. The molecular formula is C23H36N4O4. The highest BCUT2D eigenvalue weighted by molar-refractivity contribution is 6.08. The van der Waals surface area contributed by atoms with Gasteiger partial charge in [-0.1, -0.05) is 12.1 Å². The summed E-state index contributed by atoms with van der Waals surface area (Å²) in [5.41, 5.74) is 0.656. The van der Waals surface area contributed by atoms with E-state index in [0.29, 0.717) is 57.2 Å². The van der Waals surface area contributed by atoms with Crippen molar-refractivity contribution in [1.29, 1.82) is 0 Å². The summed E-state index contributed by atoms with van der Waals surface area (Å²) in [4.78, 5) is 27.9. The van der Waals surface area contributed by atoms with Crippen LogP contribution in [0.1, 0.15) is 39.5 Å². The molecule has 3 amide bonds. The van der Waals surface area contributed by atoms with Gasteiger partial charge in [0, 0.05) is 45.2 Å². The van der Waals surface area contributed by atoms with Crippen LogP contribution >= 0.6 is 0 Å². The van der Waals surface area contributed by atoms with E-state index in [1.54, 1.807) is 6.07 Å². The number of aliphatic hydroxyl groups is 1. The first-order chi connectivity index (χ1) is 14.9. The number of amides is 3. The Balaban J connectivity index is 1.48. The molecule has 0 atom stereocenters. The van der Waals surface area contributed by atoms with Gasteiger partial charge in [-0.2, -0.15) is 0 Å². The number of nitrogens with zero attached hydrogens (tertiary/aromatic N) is 2. The van der Waals surface area contributed by atoms with Crippen LogP contribution in [0.5, 0.6) is 0 Å². The normalized spacial score (nSPS) is 19.7. The lowest BCUT2D eigenvalue weighted by atomic mass is 9.91. The van der Waals surface area contributed by atoms with E-state index >= 15 is 0 Å². The van der Waals surface area contributed by atoms with Gasteiger partial charge < -0.3 is 25.4 Å². The number of rotatable bonds is 8. The van der Waals surface area contributed by atoms with E-state index in [2.05, 4.69) is 15.5 Å². The van der Waals surface area contributed by atoms with Crippen LogP contribution in [0.4, 0.5) is 16.2 Å². The number of urea groups is 1. The highest BCUT2D eigenvalue weighted by Crippen LogP contribution is 2.27. The number of hydrogen-bond acceptors (Lipinski definition) is 6. The zero-order valence-corrected chi connectivity index (χ0v) is 18.7. The van der Waals surface area contributed by atoms with Crippen molar-refractivity contribution in [2.24, 2.45) is 5.92 Å². The molecule has 3 rings (SSSR count). The Kier molecular flexibility index (Phi) is 8.28. The number of likely N-dealkylation sites (tertiary alicyclic amines) is 1. The maximum atomic E-state index is 12.7. The zero-order valence-electron chi connectivity index (χ0n) is 18.7. The molecule has 2 saturated heterocycles. The second-order valence-electron chi connectivity index (χ2n) is 9.03. The summed E-state index contributed by atoms with van der Waals surface area (Å²) >= 11 is 0. The molecule has 3 N–H and O–H groups in total. The summed E-state index contributed by atoms with van der Waals surface area (Å²) in [5.74, 6) is 0.363. The van der Waals surface area contributed by atoms with Gasteiger partial charge in [0.25, 0.3) is 0 Å². The largest absolute Gasteiger partial charge is 0.388 e. The molecule has 2 aliphatic heterocycles. The van der Waals surface area contributed by atoms with Gasteiger partial charge in [-0.3, -0.25) is 4.79 Å².